The fourth-order valence-corrected chi connectivity index (χ4v) is 2.26. The van der Waals surface area contributed by atoms with Gasteiger partial charge in [-0.15, -0.1) is 0 Å². The lowest BCUT2D eigenvalue weighted by atomic mass is 9.97. The smallest absolute Gasteiger partial charge is 0.0729 e. The Morgan fingerprint density at radius 1 is 1.28 bits per heavy atom. The second kappa shape index (κ2) is 5.53. The van der Waals surface area contributed by atoms with Crippen LogP contribution >= 0.6 is 0 Å². The van der Waals surface area contributed by atoms with Crippen LogP contribution < -0.4 is 0 Å². The van der Waals surface area contributed by atoms with Crippen molar-refractivity contribution in [2.45, 2.75) is 46.3 Å². The molecule has 1 heterocycles. The van der Waals surface area contributed by atoms with Gasteiger partial charge in [0, 0.05) is 18.4 Å². The van der Waals surface area contributed by atoms with Crippen molar-refractivity contribution in [3.8, 4) is 0 Å². The molecule has 1 N–H and O–H groups in total. The summed E-state index contributed by atoms with van der Waals surface area (Å²) >= 11 is 0. The number of nitrogens with zero attached hydrogens (tertiary/aromatic N) is 2. The summed E-state index contributed by atoms with van der Waals surface area (Å²) in [6.07, 6.45) is 1.33. The number of aryl methyl sites for hydroxylation is 1. The molecule has 0 spiro atoms. The summed E-state index contributed by atoms with van der Waals surface area (Å²) in [7, 11) is 0. The van der Waals surface area contributed by atoms with Gasteiger partial charge >= 0.3 is 0 Å². The number of fused-ring (bicyclic) bond motifs is 1. The fourth-order valence-electron chi connectivity index (χ4n) is 2.26. The van der Waals surface area contributed by atoms with Crippen LogP contribution in [-0.2, 0) is 13.0 Å². The molecule has 2 rings (SSSR count). The Morgan fingerprint density at radius 3 is 2.67 bits per heavy atom. The van der Waals surface area contributed by atoms with Gasteiger partial charge < -0.3 is 5.11 Å². The molecule has 0 radical (unpaired) electrons. The van der Waals surface area contributed by atoms with E-state index in [0.29, 0.717) is 12.3 Å². The molecule has 0 aliphatic rings. The van der Waals surface area contributed by atoms with Crippen LogP contribution in [-0.4, -0.2) is 21.0 Å². The minimum atomic E-state index is -0.307. The summed E-state index contributed by atoms with van der Waals surface area (Å²) in [5.41, 5.74) is 2.17. The molecule has 0 saturated heterocycles. The largest absolute Gasteiger partial charge is 0.392 e. The Balaban J connectivity index is 2.33. The van der Waals surface area contributed by atoms with Gasteiger partial charge in [0.2, 0.25) is 0 Å². The predicted molar refractivity (Wildman–Crippen MR) is 74.6 cm³/mol. The first-order chi connectivity index (χ1) is 8.67. The molecule has 0 aliphatic heterocycles. The van der Waals surface area contributed by atoms with Gasteiger partial charge in [-0.25, -0.2) is 0 Å². The zero-order valence-electron chi connectivity index (χ0n) is 11.4. The number of hydrogen-bond acceptors (Lipinski definition) is 2. The Morgan fingerprint density at radius 2 is 2.00 bits per heavy atom. The van der Waals surface area contributed by atoms with Crippen LogP contribution in [0, 0.1) is 5.92 Å². The number of hydrogen-bond donors (Lipinski definition) is 1. The van der Waals surface area contributed by atoms with E-state index in [4.69, 9.17) is 0 Å². The zero-order valence-corrected chi connectivity index (χ0v) is 11.4. The molecular weight excluding hydrogens is 224 g/mol. The maximum Gasteiger partial charge on any atom is 0.0729 e. The van der Waals surface area contributed by atoms with E-state index in [1.54, 1.807) is 0 Å². The average molecular weight is 246 g/mol. The number of aromatic nitrogens is 2. The standard InChI is InChI=1S/C15H22N2O/c1-4-11(3)15(18)10-13-12-8-6-7-9-14(12)17(5-2)16-13/h6-9,11,15,18H,4-5,10H2,1-3H3. The molecule has 0 bridgehead atoms. The normalized spacial score (nSPS) is 14.9. The molecular formula is C15H22N2O. The van der Waals surface area contributed by atoms with E-state index in [-0.39, 0.29) is 6.10 Å². The molecule has 3 nitrogen and oxygen atoms in total. The first-order valence-corrected chi connectivity index (χ1v) is 6.79. The highest BCUT2D eigenvalue weighted by molar-refractivity contribution is 5.81. The molecule has 3 heteroatoms. The van der Waals surface area contributed by atoms with Crippen molar-refractivity contribution in [1.82, 2.24) is 9.78 Å². The minimum Gasteiger partial charge on any atom is -0.392 e. The molecule has 2 aromatic rings. The lowest BCUT2D eigenvalue weighted by Crippen LogP contribution is -2.20. The van der Waals surface area contributed by atoms with Crippen molar-refractivity contribution >= 4 is 10.9 Å². The maximum absolute atomic E-state index is 10.2. The quantitative estimate of drug-likeness (QED) is 0.880. The number of benzene rings is 1. The number of aliphatic hydroxyl groups is 1. The highest BCUT2D eigenvalue weighted by Crippen LogP contribution is 2.21. The van der Waals surface area contributed by atoms with Crippen LogP contribution in [0.3, 0.4) is 0 Å². The molecule has 1 aromatic heterocycles. The third-order valence-corrected chi connectivity index (χ3v) is 3.74. The fraction of sp³-hybridized carbons (Fsp3) is 0.533. The van der Waals surface area contributed by atoms with Crippen molar-refractivity contribution in [3.63, 3.8) is 0 Å². The third kappa shape index (κ3) is 2.41. The maximum atomic E-state index is 10.2. The van der Waals surface area contributed by atoms with Gasteiger partial charge in [-0.2, -0.15) is 5.10 Å². The van der Waals surface area contributed by atoms with E-state index in [2.05, 4.69) is 38.0 Å². The van der Waals surface area contributed by atoms with Crippen LogP contribution in [0.5, 0.6) is 0 Å². The second-order valence-corrected chi connectivity index (χ2v) is 4.94. The average Bonchev–Trinajstić information content (AvgIpc) is 2.76. The van der Waals surface area contributed by atoms with Gasteiger partial charge in [-0.3, -0.25) is 4.68 Å². The van der Waals surface area contributed by atoms with E-state index in [1.807, 2.05) is 16.8 Å². The first-order valence-electron chi connectivity index (χ1n) is 6.79. The Bertz CT molecular complexity index is 518. The van der Waals surface area contributed by atoms with Gasteiger partial charge in [0.1, 0.15) is 0 Å². The van der Waals surface area contributed by atoms with Crippen LogP contribution in [0.4, 0.5) is 0 Å². The highest BCUT2D eigenvalue weighted by atomic mass is 16.3. The molecule has 0 fully saturated rings. The number of rotatable bonds is 5. The first kappa shape index (κ1) is 13.1. The summed E-state index contributed by atoms with van der Waals surface area (Å²) in [6, 6.07) is 8.24. The summed E-state index contributed by atoms with van der Waals surface area (Å²) < 4.78 is 2.01. The lowest BCUT2D eigenvalue weighted by Gasteiger charge is -2.15. The van der Waals surface area contributed by atoms with Gasteiger partial charge in [-0.1, -0.05) is 38.5 Å². The summed E-state index contributed by atoms with van der Waals surface area (Å²) in [6.45, 7) is 7.15. The van der Waals surface area contributed by atoms with E-state index in [0.717, 1.165) is 24.2 Å². The summed E-state index contributed by atoms with van der Waals surface area (Å²) in [4.78, 5) is 0. The molecule has 1 aromatic carbocycles. The van der Waals surface area contributed by atoms with Crippen LogP contribution in [0.25, 0.3) is 10.9 Å². The van der Waals surface area contributed by atoms with Gasteiger partial charge in [0.15, 0.2) is 0 Å². The van der Waals surface area contributed by atoms with E-state index in [9.17, 15) is 5.11 Å². The lowest BCUT2D eigenvalue weighted by molar-refractivity contribution is 0.114. The third-order valence-electron chi connectivity index (χ3n) is 3.74. The van der Waals surface area contributed by atoms with Gasteiger partial charge in [0.05, 0.1) is 17.3 Å². The number of aliphatic hydroxyl groups excluding tert-OH is 1. The van der Waals surface area contributed by atoms with E-state index >= 15 is 0 Å². The Hall–Kier alpha value is -1.35. The predicted octanol–water partition coefficient (Wildman–Crippen LogP) is 3.01. The molecule has 0 amide bonds. The zero-order chi connectivity index (χ0) is 13.1. The highest BCUT2D eigenvalue weighted by Gasteiger charge is 2.17. The Kier molecular flexibility index (Phi) is 4.02. The van der Waals surface area contributed by atoms with Crippen molar-refractivity contribution < 1.29 is 5.11 Å². The SMILES string of the molecule is CCC(C)C(O)Cc1nn(CC)c2ccccc12. The second-order valence-electron chi connectivity index (χ2n) is 4.94. The van der Waals surface area contributed by atoms with E-state index in [1.165, 1.54) is 5.39 Å². The van der Waals surface area contributed by atoms with Gasteiger partial charge in [0.25, 0.3) is 0 Å². The molecule has 0 aliphatic carbocycles. The minimum absolute atomic E-state index is 0.307. The van der Waals surface area contributed by atoms with Crippen molar-refractivity contribution in [2.24, 2.45) is 5.92 Å². The molecule has 98 valence electrons. The number of para-hydroxylation sites is 1. The molecule has 2 unspecified atom stereocenters. The topological polar surface area (TPSA) is 38.1 Å². The van der Waals surface area contributed by atoms with Crippen LogP contribution in [0.2, 0.25) is 0 Å². The molecule has 18 heavy (non-hydrogen) atoms. The van der Waals surface area contributed by atoms with Crippen LogP contribution in [0.15, 0.2) is 24.3 Å². The monoisotopic (exact) mass is 246 g/mol. The van der Waals surface area contributed by atoms with Gasteiger partial charge in [-0.05, 0) is 18.9 Å². The van der Waals surface area contributed by atoms with Crippen molar-refractivity contribution in [1.29, 1.82) is 0 Å². The van der Waals surface area contributed by atoms with Crippen molar-refractivity contribution in [2.75, 3.05) is 0 Å². The van der Waals surface area contributed by atoms with E-state index < -0.39 is 0 Å². The summed E-state index contributed by atoms with van der Waals surface area (Å²) in [5, 5.41) is 16.0. The molecule has 2 atom stereocenters. The Labute approximate surface area is 108 Å². The summed E-state index contributed by atoms with van der Waals surface area (Å²) in [5.74, 6) is 0.315. The van der Waals surface area contributed by atoms with Crippen LogP contribution in [0.1, 0.15) is 32.9 Å². The molecule has 0 saturated carbocycles. The van der Waals surface area contributed by atoms with Crippen molar-refractivity contribution in [3.05, 3.63) is 30.0 Å².